The number of benzene rings is 1. The first-order valence-electron chi connectivity index (χ1n) is 14.0. The van der Waals surface area contributed by atoms with E-state index in [1.54, 1.807) is 0 Å². The highest BCUT2D eigenvalue weighted by Crippen LogP contribution is 2.54. The summed E-state index contributed by atoms with van der Waals surface area (Å²) in [5.74, 6) is -0.203. The van der Waals surface area contributed by atoms with Gasteiger partial charge in [-0.1, -0.05) is 0 Å². The number of alkyl halides is 1. The van der Waals surface area contributed by atoms with Crippen LogP contribution in [0.1, 0.15) is 12.5 Å². The molecule has 3 aliphatic heterocycles. The molecule has 1 aromatic carbocycles. The molecule has 48 heavy (non-hydrogen) atoms. The van der Waals surface area contributed by atoms with Crippen LogP contribution in [-0.2, 0) is 55.9 Å². The molecule has 10 atom stereocenters. The fraction of sp³-hybridized carbons (Fsp3) is 0.458. The maximum Gasteiger partial charge on any atom is 0.325 e. The molecule has 24 heteroatoms. The van der Waals surface area contributed by atoms with Crippen molar-refractivity contribution in [3.8, 4) is 0 Å². The van der Waals surface area contributed by atoms with Crippen LogP contribution in [0.2, 0.25) is 0 Å². The van der Waals surface area contributed by atoms with Crippen molar-refractivity contribution in [3.63, 3.8) is 0 Å². The van der Waals surface area contributed by atoms with E-state index < -0.39 is 86.9 Å². The fourth-order valence-corrected chi connectivity index (χ4v) is 8.65. The number of nitrogens with one attached hydrogen (secondary N) is 1. The lowest BCUT2D eigenvalue weighted by molar-refractivity contribution is -0.0615. The monoisotopic (exact) mass is 748 g/mol. The van der Waals surface area contributed by atoms with E-state index in [9.17, 15) is 19.4 Å². The van der Waals surface area contributed by atoms with Gasteiger partial charge in [0.05, 0.1) is 30.4 Å². The van der Waals surface area contributed by atoms with Crippen LogP contribution in [0.4, 0.5) is 16.0 Å². The SMILES string of the molecule is CO[C@H]1[C@H]2OP(O)(=S)OC[C@H]3O[C@@H](n4cnc5cc(N)ccc5c4=O)[C@H](F)[C@@H]3OP(O)(=S)OC[C@H]1O[C@H]2n1cnc2c(=O)[nH]c(N)nc21. The second-order valence-electron chi connectivity index (χ2n) is 11.0. The maximum absolute atomic E-state index is 16.1. The molecule has 7 N–H and O–H groups in total. The molecule has 3 fully saturated rings. The number of rotatable bonds is 3. The summed E-state index contributed by atoms with van der Waals surface area (Å²) in [5, 5.41) is 0.141. The Morgan fingerprint density at radius 1 is 1.00 bits per heavy atom. The van der Waals surface area contributed by atoms with Gasteiger partial charge in [-0.25, -0.2) is 14.4 Å². The third-order valence-electron chi connectivity index (χ3n) is 7.95. The van der Waals surface area contributed by atoms with Crippen molar-refractivity contribution in [2.75, 3.05) is 31.8 Å². The van der Waals surface area contributed by atoms with Gasteiger partial charge < -0.3 is 44.5 Å². The first-order chi connectivity index (χ1) is 22.7. The summed E-state index contributed by atoms with van der Waals surface area (Å²) in [6.07, 6.45) is -9.05. The number of hydrogen-bond acceptors (Lipinski definition) is 16. The van der Waals surface area contributed by atoms with E-state index in [4.69, 9.17) is 67.4 Å². The zero-order valence-electron chi connectivity index (χ0n) is 24.5. The van der Waals surface area contributed by atoms with Gasteiger partial charge in [-0.2, -0.15) is 4.98 Å². The first-order valence-corrected chi connectivity index (χ1v) is 19.2. The van der Waals surface area contributed by atoms with Crippen molar-refractivity contribution in [2.45, 2.75) is 49.1 Å². The summed E-state index contributed by atoms with van der Waals surface area (Å²) in [6, 6.07) is 4.42. The Bertz CT molecular complexity index is 2120. The molecule has 3 aliphatic rings. The zero-order valence-corrected chi connectivity index (χ0v) is 27.9. The zero-order chi connectivity index (χ0) is 34.1. The second kappa shape index (κ2) is 12.5. The Labute approximate surface area is 278 Å². The third-order valence-corrected chi connectivity index (χ3v) is 11.1. The second-order valence-corrected chi connectivity index (χ2v) is 16.5. The van der Waals surface area contributed by atoms with Crippen LogP contribution in [0, 0.1) is 0 Å². The lowest BCUT2D eigenvalue weighted by Gasteiger charge is -2.28. The molecule has 6 heterocycles. The Morgan fingerprint density at radius 3 is 2.40 bits per heavy atom. The van der Waals surface area contributed by atoms with Gasteiger partial charge in [0, 0.05) is 12.8 Å². The van der Waals surface area contributed by atoms with Crippen LogP contribution >= 0.6 is 13.4 Å². The summed E-state index contributed by atoms with van der Waals surface area (Å²) >= 11 is 10.5. The van der Waals surface area contributed by atoms with Crippen molar-refractivity contribution in [3.05, 3.63) is 51.6 Å². The number of hydrogen-bond donors (Lipinski definition) is 5. The molecule has 2 unspecified atom stereocenters. The molecular weight excluding hydrogens is 721 g/mol. The number of nitrogens with zero attached hydrogens (tertiary/aromatic N) is 5. The molecule has 258 valence electrons. The molecule has 0 spiro atoms. The molecule has 7 rings (SSSR count). The number of methoxy groups -OCH3 is 1. The standard InChI is InChI=1S/C24H27FN8O11P2S2/c1-38-17-13-6-40-45(36,47)43-16-12(41-22(14(16)25)33-7-28-11-4-9(26)2-3-10(11)21(33)35)5-39-46(37,48)44-18(17)23(42-13)32-8-29-15-19(32)30-24(27)31-20(15)34/h2-4,7-8,12-14,16-18,22-23H,5-6,26H2,1H3,(H,36,47)(H,37,48)(H3,27,30,31,34)/t12-,13-,14-,16-,17-,18-,22-,23-,45?,46?/m1/s1. The van der Waals surface area contributed by atoms with Crippen LogP contribution in [0.15, 0.2) is 40.4 Å². The van der Waals surface area contributed by atoms with Gasteiger partial charge in [-0.3, -0.25) is 32.8 Å². The van der Waals surface area contributed by atoms with Crippen molar-refractivity contribution < 1.29 is 46.5 Å². The van der Waals surface area contributed by atoms with Gasteiger partial charge >= 0.3 is 13.4 Å². The highest BCUT2D eigenvalue weighted by atomic mass is 32.5. The van der Waals surface area contributed by atoms with Gasteiger partial charge in [0.2, 0.25) is 5.95 Å². The molecule has 3 aromatic heterocycles. The molecule has 0 amide bonds. The molecule has 0 saturated carbocycles. The number of nitrogen functional groups attached to an aromatic ring is 2. The Balaban J connectivity index is 1.22. The number of ether oxygens (including phenoxy) is 3. The summed E-state index contributed by atoms with van der Waals surface area (Å²) in [6.45, 7) is -9.64. The minimum Gasteiger partial charge on any atom is -0.399 e. The number of H-pyrrole nitrogens is 1. The molecule has 0 radical (unpaired) electrons. The summed E-state index contributed by atoms with van der Waals surface area (Å²) in [5.41, 5.74) is 10.9. The van der Waals surface area contributed by atoms with E-state index in [2.05, 4.69) is 19.9 Å². The summed E-state index contributed by atoms with van der Waals surface area (Å²) in [4.78, 5) is 62.8. The van der Waals surface area contributed by atoms with Crippen LogP contribution in [0.25, 0.3) is 22.1 Å². The Morgan fingerprint density at radius 2 is 1.67 bits per heavy atom. The minimum atomic E-state index is -4.28. The van der Waals surface area contributed by atoms with Crippen molar-refractivity contribution in [1.29, 1.82) is 0 Å². The smallest absolute Gasteiger partial charge is 0.325 e. The van der Waals surface area contributed by atoms with Gasteiger partial charge in [0.25, 0.3) is 11.1 Å². The van der Waals surface area contributed by atoms with E-state index in [1.807, 2.05) is 0 Å². The highest BCUT2D eigenvalue weighted by molar-refractivity contribution is 8.07. The van der Waals surface area contributed by atoms with E-state index in [1.165, 1.54) is 36.2 Å². The number of aromatic amines is 1. The van der Waals surface area contributed by atoms with Gasteiger partial charge in [-0.05, 0) is 41.8 Å². The lowest BCUT2D eigenvalue weighted by Crippen LogP contribution is -2.37. The quantitative estimate of drug-likeness (QED) is 0.137. The van der Waals surface area contributed by atoms with Gasteiger partial charge in [0.1, 0.15) is 36.8 Å². The molecule has 0 aliphatic carbocycles. The maximum atomic E-state index is 16.1. The Kier molecular flexibility index (Phi) is 8.77. The van der Waals surface area contributed by atoms with E-state index in [0.717, 1.165) is 10.9 Å². The largest absolute Gasteiger partial charge is 0.399 e. The van der Waals surface area contributed by atoms with Crippen molar-refractivity contribution in [1.82, 2.24) is 29.1 Å². The molecule has 19 nitrogen and oxygen atoms in total. The average molecular weight is 749 g/mol. The van der Waals surface area contributed by atoms with Gasteiger partial charge in [-0.15, -0.1) is 0 Å². The molecule has 3 saturated heterocycles. The highest BCUT2D eigenvalue weighted by Gasteiger charge is 2.53. The Hall–Kier alpha value is -2.82. The number of anilines is 2. The number of fused-ring (bicyclic) bond motifs is 5. The predicted octanol–water partition coefficient (Wildman–Crippen LogP) is 0.0928. The number of halogens is 1. The summed E-state index contributed by atoms with van der Waals surface area (Å²) < 4.78 is 58.7. The van der Waals surface area contributed by atoms with E-state index in [-0.39, 0.29) is 28.0 Å². The third kappa shape index (κ3) is 6.10. The van der Waals surface area contributed by atoms with E-state index >= 15 is 4.39 Å². The summed E-state index contributed by atoms with van der Waals surface area (Å²) in [7, 11) is 1.32. The average Bonchev–Trinajstić information content (AvgIpc) is 3.68. The fourth-order valence-electron chi connectivity index (χ4n) is 5.81. The molecular formula is C24H27FN8O11P2S2. The van der Waals surface area contributed by atoms with Crippen LogP contribution < -0.4 is 22.6 Å². The van der Waals surface area contributed by atoms with E-state index in [0.29, 0.717) is 5.69 Å². The van der Waals surface area contributed by atoms with Crippen molar-refractivity contribution in [2.24, 2.45) is 0 Å². The van der Waals surface area contributed by atoms with Crippen molar-refractivity contribution >= 4 is 70.8 Å². The topological polar surface area (TPSA) is 256 Å². The van der Waals surface area contributed by atoms with Crippen LogP contribution in [-0.4, -0.2) is 95.9 Å². The number of aromatic nitrogens is 6. The normalized spacial score (nSPS) is 36.0. The minimum absolute atomic E-state index is 0.0132. The lowest BCUT2D eigenvalue weighted by atomic mass is 10.1. The first kappa shape index (κ1) is 33.7. The van der Waals surface area contributed by atoms with Gasteiger partial charge in [0.15, 0.2) is 29.8 Å². The predicted molar refractivity (Wildman–Crippen MR) is 171 cm³/mol. The van der Waals surface area contributed by atoms with Crippen LogP contribution in [0.5, 0.6) is 0 Å². The molecule has 2 bridgehead atoms. The number of nitrogens with two attached hydrogens (primary N) is 2. The molecule has 4 aromatic rings. The van der Waals surface area contributed by atoms with Crippen LogP contribution in [0.3, 0.4) is 0 Å². The number of imidazole rings is 1.